The van der Waals surface area contributed by atoms with E-state index < -0.39 is 29.4 Å². The van der Waals surface area contributed by atoms with Gasteiger partial charge in [0.25, 0.3) is 11.8 Å². The van der Waals surface area contributed by atoms with Crippen LogP contribution in [0.3, 0.4) is 0 Å². The molecule has 2 rings (SSSR count). The molecule has 2 aromatic rings. The molecule has 0 saturated heterocycles. The first-order valence-corrected chi connectivity index (χ1v) is 8.67. The number of nitrogens with one attached hydrogen (secondary N) is 3. The fourth-order valence-corrected chi connectivity index (χ4v) is 2.54. The summed E-state index contributed by atoms with van der Waals surface area (Å²) in [5.41, 5.74) is 6.65. The number of halogens is 2. The van der Waals surface area contributed by atoms with Crippen LogP contribution in [0.15, 0.2) is 36.4 Å². The number of hydrogen-bond acceptors (Lipinski definition) is 3. The molecule has 0 heterocycles. The van der Waals surface area contributed by atoms with Crippen molar-refractivity contribution in [1.29, 1.82) is 0 Å². The zero-order valence-electron chi connectivity index (χ0n) is 15.6. The summed E-state index contributed by atoms with van der Waals surface area (Å²) < 4.78 is 26.3. The minimum absolute atomic E-state index is 0.0410. The highest BCUT2D eigenvalue weighted by atomic mass is 19.1. The largest absolute Gasteiger partial charge is 0.352 e. The van der Waals surface area contributed by atoms with E-state index in [9.17, 15) is 23.2 Å². The van der Waals surface area contributed by atoms with Crippen molar-refractivity contribution < 1.29 is 23.2 Å². The molecule has 0 aliphatic carbocycles. The molecule has 6 nitrogen and oxygen atoms in total. The fourth-order valence-electron chi connectivity index (χ4n) is 2.54. The van der Waals surface area contributed by atoms with Crippen LogP contribution in [-0.4, -0.2) is 24.3 Å². The van der Waals surface area contributed by atoms with E-state index in [0.29, 0.717) is 11.6 Å². The highest BCUT2D eigenvalue weighted by Crippen LogP contribution is 2.10. The lowest BCUT2D eigenvalue weighted by atomic mass is 10.1. The molecule has 3 N–H and O–H groups in total. The predicted octanol–water partition coefficient (Wildman–Crippen LogP) is 2.55. The monoisotopic (exact) mass is 389 g/mol. The zero-order valence-corrected chi connectivity index (χ0v) is 15.6. The summed E-state index contributed by atoms with van der Waals surface area (Å²) >= 11 is 0. The Labute approximate surface area is 161 Å². The molecular formula is C20H21F2N3O3. The molecular weight excluding hydrogens is 368 g/mol. The van der Waals surface area contributed by atoms with Gasteiger partial charge in [-0.2, -0.15) is 0 Å². The number of carbonyl (C=O) groups excluding carboxylic acids is 3. The SMILES string of the molecule is Cc1ccc(C(=O)NNC(=O)CCCNC(=O)c2ccc(F)cc2F)c(C)c1. The van der Waals surface area contributed by atoms with Gasteiger partial charge in [-0.3, -0.25) is 25.2 Å². The van der Waals surface area contributed by atoms with E-state index in [1.807, 2.05) is 13.0 Å². The van der Waals surface area contributed by atoms with Crippen LogP contribution < -0.4 is 16.2 Å². The van der Waals surface area contributed by atoms with Crippen LogP contribution in [0.5, 0.6) is 0 Å². The highest BCUT2D eigenvalue weighted by molar-refractivity contribution is 5.96. The van der Waals surface area contributed by atoms with E-state index in [4.69, 9.17) is 0 Å². The summed E-state index contributed by atoms with van der Waals surface area (Å²) in [6, 6.07) is 8.01. The Hall–Kier alpha value is -3.29. The summed E-state index contributed by atoms with van der Waals surface area (Å²) in [6.45, 7) is 3.84. The molecule has 0 unspecified atom stereocenters. The van der Waals surface area contributed by atoms with Crippen LogP contribution in [0.2, 0.25) is 0 Å². The van der Waals surface area contributed by atoms with Gasteiger partial charge in [0.05, 0.1) is 5.56 Å². The maximum absolute atomic E-state index is 13.5. The van der Waals surface area contributed by atoms with Crippen molar-refractivity contribution in [1.82, 2.24) is 16.2 Å². The van der Waals surface area contributed by atoms with Gasteiger partial charge in [0.15, 0.2) is 0 Å². The standard InChI is InChI=1S/C20H21F2N3O3/c1-12-5-7-15(13(2)10-12)20(28)25-24-18(26)4-3-9-23-19(27)16-8-6-14(21)11-17(16)22/h5-8,10-11H,3-4,9H2,1-2H3,(H,23,27)(H,24,26)(H,25,28). The Morgan fingerprint density at radius 3 is 2.29 bits per heavy atom. The number of rotatable bonds is 6. The Morgan fingerprint density at radius 1 is 0.893 bits per heavy atom. The van der Waals surface area contributed by atoms with Gasteiger partial charge in [-0.25, -0.2) is 8.78 Å². The van der Waals surface area contributed by atoms with Gasteiger partial charge >= 0.3 is 0 Å². The number of hydrazine groups is 1. The Morgan fingerprint density at radius 2 is 1.61 bits per heavy atom. The van der Waals surface area contributed by atoms with Crippen LogP contribution in [0, 0.1) is 25.5 Å². The zero-order chi connectivity index (χ0) is 20.7. The van der Waals surface area contributed by atoms with Crippen LogP contribution in [0.4, 0.5) is 8.78 Å². The average Bonchev–Trinajstić information content (AvgIpc) is 2.63. The van der Waals surface area contributed by atoms with Crippen molar-refractivity contribution >= 4 is 17.7 Å². The molecule has 0 aromatic heterocycles. The first-order valence-electron chi connectivity index (χ1n) is 8.67. The second kappa shape index (κ2) is 9.59. The number of benzene rings is 2. The molecule has 0 aliphatic heterocycles. The van der Waals surface area contributed by atoms with Gasteiger partial charge in [-0.05, 0) is 44.0 Å². The third-order valence-corrected chi connectivity index (χ3v) is 3.98. The van der Waals surface area contributed by atoms with Crippen LogP contribution in [-0.2, 0) is 4.79 Å². The molecule has 0 spiro atoms. The summed E-state index contributed by atoms with van der Waals surface area (Å²) in [5.74, 6) is -3.27. The molecule has 28 heavy (non-hydrogen) atoms. The molecule has 0 saturated carbocycles. The number of aryl methyl sites for hydroxylation is 2. The summed E-state index contributed by atoms with van der Waals surface area (Å²) in [7, 11) is 0. The lowest BCUT2D eigenvalue weighted by molar-refractivity contribution is -0.121. The molecule has 148 valence electrons. The lowest BCUT2D eigenvalue weighted by Crippen LogP contribution is -2.42. The number of hydrogen-bond donors (Lipinski definition) is 3. The topological polar surface area (TPSA) is 87.3 Å². The minimum atomic E-state index is -0.954. The van der Waals surface area contributed by atoms with Gasteiger partial charge in [0.2, 0.25) is 5.91 Å². The second-order valence-corrected chi connectivity index (χ2v) is 6.30. The van der Waals surface area contributed by atoms with E-state index in [1.165, 1.54) is 0 Å². The van der Waals surface area contributed by atoms with Crippen LogP contribution in [0.1, 0.15) is 44.7 Å². The molecule has 0 aliphatic rings. The predicted molar refractivity (Wildman–Crippen MR) is 99.5 cm³/mol. The fraction of sp³-hybridized carbons (Fsp3) is 0.250. The molecule has 8 heteroatoms. The van der Waals surface area contributed by atoms with E-state index >= 15 is 0 Å². The van der Waals surface area contributed by atoms with E-state index in [-0.39, 0.29) is 24.9 Å². The van der Waals surface area contributed by atoms with Crippen LogP contribution in [0.25, 0.3) is 0 Å². The summed E-state index contributed by atoms with van der Waals surface area (Å²) in [5, 5.41) is 2.45. The van der Waals surface area contributed by atoms with Gasteiger partial charge in [-0.15, -0.1) is 0 Å². The molecule has 3 amide bonds. The number of carbonyl (C=O) groups is 3. The van der Waals surface area contributed by atoms with Crippen molar-refractivity contribution in [3.63, 3.8) is 0 Å². The highest BCUT2D eigenvalue weighted by Gasteiger charge is 2.13. The first-order chi connectivity index (χ1) is 13.3. The molecule has 0 fully saturated rings. The van der Waals surface area contributed by atoms with Crippen molar-refractivity contribution in [2.75, 3.05) is 6.54 Å². The third kappa shape index (κ3) is 5.87. The summed E-state index contributed by atoms with van der Waals surface area (Å²) in [4.78, 5) is 35.7. The van der Waals surface area contributed by atoms with Crippen LogP contribution >= 0.6 is 0 Å². The average molecular weight is 389 g/mol. The summed E-state index contributed by atoms with van der Waals surface area (Å²) in [6.07, 6.45) is 0.319. The van der Waals surface area contributed by atoms with Crippen molar-refractivity contribution in [3.8, 4) is 0 Å². The maximum atomic E-state index is 13.5. The quantitative estimate of drug-likeness (QED) is 0.524. The molecule has 0 bridgehead atoms. The normalized spacial score (nSPS) is 10.3. The van der Waals surface area contributed by atoms with Crippen molar-refractivity contribution in [2.45, 2.75) is 26.7 Å². The molecule has 0 radical (unpaired) electrons. The Bertz CT molecular complexity index is 900. The number of amides is 3. The molecule has 2 aromatic carbocycles. The van der Waals surface area contributed by atoms with Crippen molar-refractivity contribution in [2.24, 2.45) is 0 Å². The molecule has 0 atom stereocenters. The van der Waals surface area contributed by atoms with E-state index in [2.05, 4.69) is 16.2 Å². The van der Waals surface area contributed by atoms with Gasteiger partial charge < -0.3 is 5.32 Å². The maximum Gasteiger partial charge on any atom is 0.269 e. The Balaban J connectivity index is 1.71. The van der Waals surface area contributed by atoms with Gasteiger partial charge in [0.1, 0.15) is 11.6 Å². The van der Waals surface area contributed by atoms with Gasteiger partial charge in [0, 0.05) is 24.6 Å². The first kappa shape index (κ1) is 21.0. The van der Waals surface area contributed by atoms with E-state index in [0.717, 1.165) is 23.3 Å². The second-order valence-electron chi connectivity index (χ2n) is 6.30. The third-order valence-electron chi connectivity index (χ3n) is 3.98. The Kier molecular flexibility index (Phi) is 7.20. The van der Waals surface area contributed by atoms with Crippen molar-refractivity contribution in [3.05, 3.63) is 70.3 Å². The smallest absolute Gasteiger partial charge is 0.269 e. The minimum Gasteiger partial charge on any atom is -0.352 e. The van der Waals surface area contributed by atoms with E-state index in [1.54, 1.807) is 19.1 Å². The lowest BCUT2D eigenvalue weighted by Gasteiger charge is -2.10. The van der Waals surface area contributed by atoms with Gasteiger partial charge in [-0.1, -0.05) is 17.7 Å².